The molecular weight excluding hydrogens is 240 g/mol. The molecule has 0 saturated carbocycles. The summed E-state index contributed by atoms with van der Waals surface area (Å²) in [5.41, 5.74) is 7.42. The Morgan fingerprint density at radius 3 is 2.88 bits per heavy atom. The number of aromatic amines is 1. The van der Waals surface area contributed by atoms with E-state index >= 15 is 0 Å². The molecule has 1 aromatic heterocycles. The van der Waals surface area contributed by atoms with Gasteiger partial charge in [0.05, 0.1) is 6.20 Å². The first kappa shape index (κ1) is 11.5. The molecule has 0 radical (unpaired) electrons. The molecule has 0 aliphatic rings. The van der Waals surface area contributed by atoms with Gasteiger partial charge < -0.3 is 11.1 Å². The summed E-state index contributed by atoms with van der Waals surface area (Å²) in [5, 5.41) is 9.47. The summed E-state index contributed by atoms with van der Waals surface area (Å²) in [6, 6.07) is 5.29. The fraction of sp³-hybridized carbons (Fsp3) is 0.0909. The van der Waals surface area contributed by atoms with E-state index in [1.807, 2.05) is 13.0 Å². The predicted octanol–water partition coefficient (Wildman–Crippen LogP) is 2.21. The molecule has 0 saturated heterocycles. The maximum atomic E-state index is 11.8. The Hall–Kier alpha value is -2.01. The Morgan fingerprint density at radius 2 is 2.29 bits per heavy atom. The highest BCUT2D eigenvalue weighted by Gasteiger charge is 2.11. The number of nitrogen functional groups attached to an aromatic ring is 1. The number of benzene rings is 1. The number of rotatable bonds is 2. The van der Waals surface area contributed by atoms with Crippen molar-refractivity contribution in [1.29, 1.82) is 0 Å². The standard InChI is InChI=1S/C11H11ClN4O/c1-6-2-3-7(4-9(6)12)15-11(17)8-5-14-16-10(8)13/h2-5H,1H3,(H,15,17)(H3,13,14,16). The van der Waals surface area contributed by atoms with Crippen LogP contribution in [-0.2, 0) is 0 Å². The quantitative estimate of drug-likeness (QED) is 0.764. The molecule has 2 aromatic rings. The number of anilines is 2. The second kappa shape index (κ2) is 4.47. The highest BCUT2D eigenvalue weighted by Crippen LogP contribution is 2.20. The lowest BCUT2D eigenvalue weighted by Gasteiger charge is -2.05. The first-order valence-corrected chi connectivity index (χ1v) is 5.32. The molecule has 0 unspecified atom stereocenters. The molecule has 0 spiro atoms. The van der Waals surface area contributed by atoms with E-state index in [1.165, 1.54) is 6.20 Å². The van der Waals surface area contributed by atoms with Crippen molar-refractivity contribution in [3.63, 3.8) is 0 Å². The number of amides is 1. The minimum atomic E-state index is -0.323. The van der Waals surface area contributed by atoms with Crippen molar-refractivity contribution in [2.24, 2.45) is 0 Å². The maximum Gasteiger partial charge on any atom is 0.261 e. The molecule has 4 N–H and O–H groups in total. The van der Waals surface area contributed by atoms with Crippen LogP contribution in [0.5, 0.6) is 0 Å². The number of aromatic nitrogens is 2. The lowest BCUT2D eigenvalue weighted by Crippen LogP contribution is -2.12. The van der Waals surface area contributed by atoms with E-state index in [4.69, 9.17) is 17.3 Å². The third-order valence-corrected chi connectivity index (χ3v) is 2.75. The summed E-state index contributed by atoms with van der Waals surface area (Å²) in [5.74, 6) is -0.0862. The zero-order chi connectivity index (χ0) is 12.4. The highest BCUT2D eigenvalue weighted by molar-refractivity contribution is 6.31. The van der Waals surface area contributed by atoms with Crippen LogP contribution >= 0.6 is 11.6 Å². The Labute approximate surface area is 103 Å². The molecule has 0 aliphatic carbocycles. The topological polar surface area (TPSA) is 83.8 Å². The third-order valence-electron chi connectivity index (χ3n) is 2.34. The summed E-state index contributed by atoms with van der Waals surface area (Å²) >= 11 is 5.96. The van der Waals surface area contributed by atoms with Crippen molar-refractivity contribution in [3.8, 4) is 0 Å². The van der Waals surface area contributed by atoms with E-state index < -0.39 is 0 Å². The van der Waals surface area contributed by atoms with Crippen LogP contribution in [0.15, 0.2) is 24.4 Å². The second-order valence-electron chi connectivity index (χ2n) is 3.62. The van der Waals surface area contributed by atoms with Crippen molar-refractivity contribution < 1.29 is 4.79 Å². The van der Waals surface area contributed by atoms with E-state index in [9.17, 15) is 4.79 Å². The van der Waals surface area contributed by atoms with Crippen LogP contribution in [0.2, 0.25) is 5.02 Å². The predicted molar refractivity (Wildman–Crippen MR) is 67.1 cm³/mol. The molecule has 88 valence electrons. The lowest BCUT2D eigenvalue weighted by molar-refractivity contribution is 0.102. The molecular formula is C11H11ClN4O. The van der Waals surface area contributed by atoms with Crippen molar-refractivity contribution in [3.05, 3.63) is 40.5 Å². The molecule has 1 amide bonds. The van der Waals surface area contributed by atoms with Gasteiger partial charge in [-0.2, -0.15) is 5.10 Å². The summed E-state index contributed by atoms with van der Waals surface area (Å²) in [6.45, 7) is 1.89. The molecule has 17 heavy (non-hydrogen) atoms. The average molecular weight is 251 g/mol. The van der Waals surface area contributed by atoms with Gasteiger partial charge in [-0.05, 0) is 24.6 Å². The van der Waals surface area contributed by atoms with Crippen LogP contribution < -0.4 is 11.1 Å². The molecule has 6 heteroatoms. The van der Waals surface area contributed by atoms with Gasteiger partial charge in [0.25, 0.3) is 5.91 Å². The third kappa shape index (κ3) is 2.39. The van der Waals surface area contributed by atoms with Gasteiger partial charge in [-0.15, -0.1) is 0 Å². The number of halogens is 1. The first-order valence-electron chi connectivity index (χ1n) is 4.94. The fourth-order valence-electron chi connectivity index (χ4n) is 1.35. The van der Waals surface area contributed by atoms with Gasteiger partial charge in [-0.3, -0.25) is 9.89 Å². The summed E-state index contributed by atoms with van der Waals surface area (Å²) < 4.78 is 0. The van der Waals surface area contributed by atoms with Crippen molar-refractivity contribution in [2.75, 3.05) is 11.1 Å². The average Bonchev–Trinajstić information content (AvgIpc) is 2.70. The highest BCUT2D eigenvalue weighted by atomic mass is 35.5. The van der Waals surface area contributed by atoms with Gasteiger partial charge >= 0.3 is 0 Å². The van der Waals surface area contributed by atoms with Gasteiger partial charge in [-0.1, -0.05) is 17.7 Å². The van der Waals surface area contributed by atoms with Crippen molar-refractivity contribution in [2.45, 2.75) is 6.92 Å². The van der Waals surface area contributed by atoms with E-state index in [0.29, 0.717) is 16.3 Å². The number of hydrogen-bond acceptors (Lipinski definition) is 3. The SMILES string of the molecule is Cc1ccc(NC(=O)c2cn[nH]c2N)cc1Cl. The van der Waals surface area contributed by atoms with Crippen LogP contribution in [0.25, 0.3) is 0 Å². The van der Waals surface area contributed by atoms with E-state index in [0.717, 1.165) is 5.56 Å². The molecule has 1 aromatic carbocycles. The van der Waals surface area contributed by atoms with E-state index in [-0.39, 0.29) is 11.7 Å². The van der Waals surface area contributed by atoms with Gasteiger partial charge in [0.2, 0.25) is 0 Å². The van der Waals surface area contributed by atoms with Crippen LogP contribution in [0, 0.1) is 6.92 Å². The maximum absolute atomic E-state index is 11.8. The Balaban J connectivity index is 2.19. The summed E-state index contributed by atoms with van der Waals surface area (Å²) in [4.78, 5) is 11.8. The van der Waals surface area contributed by atoms with E-state index in [2.05, 4.69) is 15.5 Å². The van der Waals surface area contributed by atoms with Crippen molar-refractivity contribution >= 4 is 29.0 Å². The summed E-state index contributed by atoms with van der Waals surface area (Å²) in [7, 11) is 0. The van der Waals surface area contributed by atoms with Gasteiger partial charge in [0.15, 0.2) is 0 Å². The minimum Gasteiger partial charge on any atom is -0.383 e. The number of nitrogens with two attached hydrogens (primary N) is 1. The number of carbonyl (C=O) groups is 1. The van der Waals surface area contributed by atoms with Gasteiger partial charge in [-0.25, -0.2) is 0 Å². The smallest absolute Gasteiger partial charge is 0.261 e. The van der Waals surface area contributed by atoms with Gasteiger partial charge in [0, 0.05) is 10.7 Å². The van der Waals surface area contributed by atoms with Crippen LogP contribution in [0.4, 0.5) is 11.5 Å². The Kier molecular flexibility index (Phi) is 3.01. The fourth-order valence-corrected chi connectivity index (χ4v) is 1.53. The molecule has 0 bridgehead atoms. The zero-order valence-electron chi connectivity index (χ0n) is 9.12. The Bertz CT molecular complexity index is 564. The Morgan fingerprint density at radius 1 is 1.53 bits per heavy atom. The largest absolute Gasteiger partial charge is 0.383 e. The normalized spacial score (nSPS) is 10.2. The monoisotopic (exact) mass is 250 g/mol. The second-order valence-corrected chi connectivity index (χ2v) is 4.02. The number of carbonyl (C=O) groups excluding carboxylic acids is 1. The lowest BCUT2D eigenvalue weighted by atomic mass is 10.2. The molecule has 2 rings (SSSR count). The molecule has 5 nitrogen and oxygen atoms in total. The van der Waals surface area contributed by atoms with Crippen LogP contribution in [-0.4, -0.2) is 16.1 Å². The number of nitrogens with zero attached hydrogens (tertiary/aromatic N) is 1. The summed E-state index contributed by atoms with van der Waals surface area (Å²) in [6.07, 6.45) is 1.38. The first-order chi connectivity index (χ1) is 8.08. The van der Waals surface area contributed by atoms with Crippen molar-refractivity contribution in [1.82, 2.24) is 10.2 Å². The number of aryl methyl sites for hydroxylation is 1. The molecule has 0 atom stereocenters. The number of nitrogens with one attached hydrogen (secondary N) is 2. The van der Waals surface area contributed by atoms with Crippen LogP contribution in [0.3, 0.4) is 0 Å². The minimum absolute atomic E-state index is 0.237. The molecule has 1 heterocycles. The number of hydrogen-bond donors (Lipinski definition) is 3. The number of H-pyrrole nitrogens is 1. The molecule has 0 fully saturated rings. The zero-order valence-corrected chi connectivity index (χ0v) is 9.88. The van der Waals surface area contributed by atoms with Crippen LogP contribution in [0.1, 0.15) is 15.9 Å². The van der Waals surface area contributed by atoms with Gasteiger partial charge in [0.1, 0.15) is 11.4 Å². The van der Waals surface area contributed by atoms with E-state index in [1.54, 1.807) is 12.1 Å². The molecule has 0 aliphatic heterocycles.